The van der Waals surface area contributed by atoms with Crippen LogP contribution in [0.15, 0.2) is 29.4 Å². The lowest BCUT2D eigenvalue weighted by molar-refractivity contribution is 0.491. The predicted octanol–water partition coefficient (Wildman–Crippen LogP) is 3.04. The van der Waals surface area contributed by atoms with Crippen molar-refractivity contribution in [3.63, 3.8) is 0 Å². The molecule has 1 unspecified atom stereocenters. The first-order valence-electron chi connectivity index (χ1n) is 9.43. The van der Waals surface area contributed by atoms with Crippen LogP contribution in [0.1, 0.15) is 52.8 Å². The number of nitrogens with zero attached hydrogens (tertiary/aromatic N) is 4. The minimum Gasteiger partial charge on any atom is -0.357 e. The summed E-state index contributed by atoms with van der Waals surface area (Å²) in [7, 11) is 0. The maximum atomic E-state index is 4.69. The topological polar surface area (TPSA) is 66.6 Å². The standard InChI is InChI=1S/C19H32N6/c1-5-20-19(22-16(4)10-8-9-15(2)3)21-13-12-18-24-23-17-11-6-7-14-25(17)18/h6-7,11,14-16H,5,8-10,12-13H2,1-4H3,(H2,20,21,22). The lowest BCUT2D eigenvalue weighted by Gasteiger charge is -2.18. The van der Waals surface area contributed by atoms with E-state index in [1.54, 1.807) is 0 Å². The first-order valence-corrected chi connectivity index (χ1v) is 9.43. The fraction of sp³-hybridized carbons (Fsp3) is 0.632. The summed E-state index contributed by atoms with van der Waals surface area (Å²) >= 11 is 0. The van der Waals surface area contributed by atoms with Gasteiger partial charge in [0.05, 0.1) is 0 Å². The van der Waals surface area contributed by atoms with Gasteiger partial charge in [0, 0.05) is 31.7 Å². The Balaban J connectivity index is 1.86. The average molecular weight is 345 g/mol. The molecule has 2 aromatic heterocycles. The van der Waals surface area contributed by atoms with Gasteiger partial charge >= 0.3 is 0 Å². The summed E-state index contributed by atoms with van der Waals surface area (Å²) in [6, 6.07) is 6.35. The second-order valence-corrected chi connectivity index (χ2v) is 6.93. The Labute approximate surface area is 151 Å². The molecule has 0 saturated heterocycles. The van der Waals surface area contributed by atoms with E-state index in [9.17, 15) is 0 Å². The number of nitrogens with one attached hydrogen (secondary N) is 2. The van der Waals surface area contributed by atoms with Gasteiger partial charge < -0.3 is 10.6 Å². The van der Waals surface area contributed by atoms with Crippen LogP contribution in [0, 0.1) is 5.92 Å². The van der Waals surface area contributed by atoms with E-state index in [4.69, 9.17) is 4.99 Å². The summed E-state index contributed by atoms with van der Waals surface area (Å²) in [5.41, 5.74) is 0.880. The molecule has 0 aliphatic heterocycles. The summed E-state index contributed by atoms with van der Waals surface area (Å²) in [4.78, 5) is 4.69. The monoisotopic (exact) mass is 344 g/mol. The van der Waals surface area contributed by atoms with E-state index >= 15 is 0 Å². The van der Waals surface area contributed by atoms with Crippen molar-refractivity contribution in [1.82, 2.24) is 25.2 Å². The zero-order valence-electron chi connectivity index (χ0n) is 16.0. The van der Waals surface area contributed by atoms with E-state index < -0.39 is 0 Å². The summed E-state index contributed by atoms with van der Waals surface area (Å²) in [6.07, 6.45) is 6.45. The average Bonchev–Trinajstić information content (AvgIpc) is 2.98. The minimum atomic E-state index is 0.422. The molecule has 6 heteroatoms. The van der Waals surface area contributed by atoms with Gasteiger partial charge in [0.25, 0.3) is 0 Å². The van der Waals surface area contributed by atoms with Crippen LogP contribution >= 0.6 is 0 Å². The molecule has 2 aromatic rings. The molecule has 0 fully saturated rings. The molecule has 0 saturated carbocycles. The van der Waals surface area contributed by atoms with Crippen LogP contribution in [-0.2, 0) is 6.42 Å². The van der Waals surface area contributed by atoms with Gasteiger partial charge in [-0.1, -0.05) is 32.8 Å². The van der Waals surface area contributed by atoms with Crippen molar-refractivity contribution < 1.29 is 0 Å². The number of guanidine groups is 1. The van der Waals surface area contributed by atoms with Gasteiger partial charge in [0.15, 0.2) is 11.6 Å². The Morgan fingerprint density at radius 2 is 2.04 bits per heavy atom. The van der Waals surface area contributed by atoms with Crippen molar-refractivity contribution in [3.05, 3.63) is 30.2 Å². The zero-order chi connectivity index (χ0) is 18.1. The molecule has 0 bridgehead atoms. The third kappa shape index (κ3) is 6.36. The molecule has 0 amide bonds. The van der Waals surface area contributed by atoms with Crippen LogP contribution < -0.4 is 10.6 Å². The number of hydrogen-bond acceptors (Lipinski definition) is 3. The van der Waals surface area contributed by atoms with Gasteiger partial charge in [-0.05, 0) is 38.3 Å². The number of hydrogen-bond donors (Lipinski definition) is 2. The molecule has 0 aromatic carbocycles. The number of aromatic nitrogens is 3. The fourth-order valence-corrected chi connectivity index (χ4v) is 2.79. The molecule has 2 heterocycles. The maximum Gasteiger partial charge on any atom is 0.191 e. The summed E-state index contributed by atoms with van der Waals surface area (Å²) < 4.78 is 2.02. The number of pyridine rings is 1. The van der Waals surface area contributed by atoms with E-state index in [-0.39, 0.29) is 0 Å². The number of aliphatic imine (C=N–C) groups is 1. The van der Waals surface area contributed by atoms with Crippen LogP contribution in [0.25, 0.3) is 5.65 Å². The summed E-state index contributed by atoms with van der Waals surface area (Å²) in [5, 5.41) is 15.3. The molecule has 0 spiro atoms. The molecule has 138 valence electrons. The summed E-state index contributed by atoms with van der Waals surface area (Å²) in [6.45, 7) is 10.4. The van der Waals surface area contributed by atoms with Crippen molar-refractivity contribution in [1.29, 1.82) is 0 Å². The second kappa shape index (κ2) is 10.0. The Morgan fingerprint density at radius 1 is 1.20 bits per heavy atom. The van der Waals surface area contributed by atoms with Crippen molar-refractivity contribution in [3.8, 4) is 0 Å². The van der Waals surface area contributed by atoms with Crippen molar-refractivity contribution >= 4 is 11.6 Å². The van der Waals surface area contributed by atoms with E-state index in [1.807, 2.05) is 28.8 Å². The minimum absolute atomic E-state index is 0.422. The lowest BCUT2D eigenvalue weighted by atomic mass is 10.0. The van der Waals surface area contributed by atoms with Gasteiger partial charge in [-0.15, -0.1) is 10.2 Å². The zero-order valence-corrected chi connectivity index (χ0v) is 16.0. The Bertz CT molecular complexity index is 661. The number of rotatable bonds is 9. The molecule has 6 nitrogen and oxygen atoms in total. The molecule has 2 rings (SSSR count). The molecular formula is C19H32N6. The molecule has 0 aliphatic rings. The highest BCUT2D eigenvalue weighted by atomic mass is 15.2. The number of fused-ring (bicyclic) bond motifs is 1. The lowest BCUT2D eigenvalue weighted by Crippen LogP contribution is -2.42. The normalized spacial score (nSPS) is 13.4. The van der Waals surface area contributed by atoms with Crippen LogP contribution in [0.5, 0.6) is 0 Å². The van der Waals surface area contributed by atoms with Crippen LogP contribution in [0.4, 0.5) is 0 Å². The predicted molar refractivity (Wildman–Crippen MR) is 104 cm³/mol. The van der Waals surface area contributed by atoms with Crippen LogP contribution in [-0.4, -0.2) is 39.7 Å². The second-order valence-electron chi connectivity index (χ2n) is 6.93. The van der Waals surface area contributed by atoms with Crippen molar-refractivity contribution in [2.45, 2.75) is 59.4 Å². The van der Waals surface area contributed by atoms with Crippen LogP contribution in [0.2, 0.25) is 0 Å². The fourth-order valence-electron chi connectivity index (χ4n) is 2.79. The highest BCUT2D eigenvalue weighted by Crippen LogP contribution is 2.08. The van der Waals surface area contributed by atoms with Gasteiger partial charge in [0.1, 0.15) is 5.82 Å². The third-order valence-electron chi connectivity index (χ3n) is 4.14. The van der Waals surface area contributed by atoms with Gasteiger partial charge in [-0.3, -0.25) is 9.39 Å². The first-order chi connectivity index (χ1) is 12.1. The largest absolute Gasteiger partial charge is 0.357 e. The molecule has 0 radical (unpaired) electrons. The van der Waals surface area contributed by atoms with Gasteiger partial charge in [0.2, 0.25) is 0 Å². The van der Waals surface area contributed by atoms with E-state index in [0.29, 0.717) is 12.6 Å². The Morgan fingerprint density at radius 3 is 2.80 bits per heavy atom. The van der Waals surface area contributed by atoms with E-state index in [1.165, 1.54) is 12.8 Å². The molecular weight excluding hydrogens is 312 g/mol. The highest BCUT2D eigenvalue weighted by Gasteiger charge is 2.07. The highest BCUT2D eigenvalue weighted by molar-refractivity contribution is 5.80. The summed E-state index contributed by atoms with van der Waals surface area (Å²) in [5.74, 6) is 2.60. The third-order valence-corrected chi connectivity index (χ3v) is 4.14. The van der Waals surface area contributed by atoms with Gasteiger partial charge in [-0.2, -0.15) is 0 Å². The van der Waals surface area contributed by atoms with Crippen LogP contribution in [0.3, 0.4) is 0 Å². The van der Waals surface area contributed by atoms with Gasteiger partial charge in [-0.25, -0.2) is 0 Å². The SMILES string of the molecule is CCNC(=NCCc1nnc2ccccn12)NC(C)CCCC(C)C. The first kappa shape index (κ1) is 19.2. The molecule has 25 heavy (non-hydrogen) atoms. The molecule has 2 N–H and O–H groups in total. The smallest absolute Gasteiger partial charge is 0.191 e. The van der Waals surface area contributed by atoms with Crippen molar-refractivity contribution in [2.75, 3.05) is 13.1 Å². The Kier molecular flexibility index (Phi) is 7.70. The molecule has 0 aliphatic carbocycles. The van der Waals surface area contributed by atoms with E-state index in [0.717, 1.165) is 42.7 Å². The molecule has 1 atom stereocenters. The Hall–Kier alpha value is -2.11. The quantitative estimate of drug-likeness (QED) is 0.542. The maximum absolute atomic E-state index is 4.69. The van der Waals surface area contributed by atoms with E-state index in [2.05, 4.69) is 48.5 Å². The van der Waals surface area contributed by atoms with Crippen molar-refractivity contribution in [2.24, 2.45) is 10.9 Å².